The normalized spacial score (nSPS) is 10.4. The van der Waals surface area contributed by atoms with Crippen molar-refractivity contribution < 1.29 is 9.18 Å². The summed E-state index contributed by atoms with van der Waals surface area (Å²) >= 11 is 0. The topological polar surface area (TPSA) is 45.2 Å². The predicted octanol–water partition coefficient (Wildman–Crippen LogP) is 3.30. The van der Waals surface area contributed by atoms with Gasteiger partial charge in [0.1, 0.15) is 11.6 Å². The van der Waals surface area contributed by atoms with Crippen LogP contribution in [0.2, 0.25) is 0 Å². The van der Waals surface area contributed by atoms with Gasteiger partial charge in [-0.1, -0.05) is 20.8 Å². The first-order valence-corrected chi connectivity index (χ1v) is 7.32. The molecule has 20 heavy (non-hydrogen) atoms. The maximum Gasteiger partial charge on any atom is 0.257 e. The summed E-state index contributed by atoms with van der Waals surface area (Å²) in [5.41, 5.74) is 0.320. The Morgan fingerprint density at radius 3 is 2.45 bits per heavy atom. The molecule has 1 N–H and O–H groups in total. The molecule has 0 radical (unpaired) electrons. The maximum atomic E-state index is 13.4. The molecular weight excluding hydrogens is 257 g/mol. The Balaban J connectivity index is 3.01. The molecule has 1 aromatic rings. The molecule has 0 spiro atoms. The first-order chi connectivity index (χ1) is 9.63. The lowest BCUT2D eigenvalue weighted by Crippen LogP contribution is -2.33. The number of hydrogen-bond acceptors (Lipinski definition) is 3. The van der Waals surface area contributed by atoms with E-state index in [2.05, 4.69) is 10.3 Å². The van der Waals surface area contributed by atoms with Crippen LogP contribution >= 0.6 is 0 Å². The zero-order chi connectivity index (χ0) is 15.0. The molecule has 0 atom stereocenters. The first-order valence-electron chi connectivity index (χ1n) is 7.32. The van der Waals surface area contributed by atoms with E-state index in [-0.39, 0.29) is 5.91 Å². The Morgan fingerprint density at radius 1 is 1.25 bits per heavy atom. The van der Waals surface area contributed by atoms with Crippen molar-refractivity contribution in [2.24, 2.45) is 0 Å². The molecule has 1 amide bonds. The van der Waals surface area contributed by atoms with Gasteiger partial charge in [-0.2, -0.15) is 0 Å². The fourth-order valence-corrected chi connectivity index (χ4v) is 2.01. The predicted molar refractivity (Wildman–Crippen MR) is 79.5 cm³/mol. The molecule has 0 saturated carbocycles. The molecule has 1 rings (SSSR count). The third-order valence-electron chi connectivity index (χ3n) is 2.90. The Morgan fingerprint density at radius 2 is 1.90 bits per heavy atom. The van der Waals surface area contributed by atoms with E-state index in [1.165, 1.54) is 6.07 Å². The van der Waals surface area contributed by atoms with E-state index in [4.69, 9.17) is 0 Å². The van der Waals surface area contributed by atoms with E-state index in [1.54, 1.807) is 4.90 Å². The summed E-state index contributed by atoms with van der Waals surface area (Å²) in [5.74, 6) is -0.168. The Labute approximate surface area is 120 Å². The summed E-state index contributed by atoms with van der Waals surface area (Å²) in [7, 11) is 0. The number of halogens is 1. The molecule has 1 heterocycles. The number of nitrogens with zero attached hydrogens (tertiary/aromatic N) is 2. The van der Waals surface area contributed by atoms with Gasteiger partial charge in [0, 0.05) is 19.6 Å². The second-order valence-corrected chi connectivity index (χ2v) is 4.77. The molecule has 0 fully saturated rings. The molecule has 0 unspecified atom stereocenters. The van der Waals surface area contributed by atoms with Gasteiger partial charge in [0.15, 0.2) is 0 Å². The fraction of sp³-hybridized carbons (Fsp3) is 0.600. The molecule has 112 valence electrons. The van der Waals surface area contributed by atoms with E-state index < -0.39 is 5.82 Å². The van der Waals surface area contributed by atoms with Crippen LogP contribution in [0.4, 0.5) is 10.2 Å². The van der Waals surface area contributed by atoms with Crippen molar-refractivity contribution in [3.05, 3.63) is 23.6 Å². The van der Waals surface area contributed by atoms with Crippen molar-refractivity contribution in [1.29, 1.82) is 0 Å². The van der Waals surface area contributed by atoms with Crippen LogP contribution in [0.3, 0.4) is 0 Å². The number of carbonyl (C=O) groups excluding carboxylic acids is 1. The van der Waals surface area contributed by atoms with Gasteiger partial charge in [-0.05, 0) is 25.3 Å². The highest BCUT2D eigenvalue weighted by Crippen LogP contribution is 2.17. The highest BCUT2D eigenvalue weighted by Gasteiger charge is 2.19. The number of carbonyl (C=O) groups is 1. The third kappa shape index (κ3) is 4.47. The van der Waals surface area contributed by atoms with E-state index in [1.807, 2.05) is 20.8 Å². The van der Waals surface area contributed by atoms with Crippen LogP contribution in [0.15, 0.2) is 12.3 Å². The number of hydrogen-bond donors (Lipinski definition) is 1. The molecule has 0 saturated heterocycles. The molecule has 0 aliphatic rings. The minimum Gasteiger partial charge on any atom is -0.369 e. The number of pyridine rings is 1. The SMILES string of the molecule is CCCNc1ncc(F)cc1C(=O)N(CCC)CCC. The van der Waals surface area contributed by atoms with Crippen molar-refractivity contribution in [2.75, 3.05) is 25.0 Å². The van der Waals surface area contributed by atoms with Gasteiger partial charge in [-0.15, -0.1) is 0 Å². The van der Waals surface area contributed by atoms with Crippen LogP contribution in [0.25, 0.3) is 0 Å². The monoisotopic (exact) mass is 281 g/mol. The van der Waals surface area contributed by atoms with Crippen LogP contribution in [-0.2, 0) is 0 Å². The summed E-state index contributed by atoms with van der Waals surface area (Å²) in [4.78, 5) is 18.3. The van der Waals surface area contributed by atoms with E-state index in [9.17, 15) is 9.18 Å². The summed E-state index contributed by atoms with van der Waals surface area (Å²) in [6.45, 7) is 8.14. The van der Waals surface area contributed by atoms with Crippen LogP contribution < -0.4 is 5.32 Å². The lowest BCUT2D eigenvalue weighted by molar-refractivity contribution is 0.0755. The number of anilines is 1. The van der Waals surface area contributed by atoms with Gasteiger partial charge in [0.2, 0.25) is 0 Å². The van der Waals surface area contributed by atoms with Crippen molar-refractivity contribution in [2.45, 2.75) is 40.0 Å². The fourth-order valence-electron chi connectivity index (χ4n) is 2.01. The van der Waals surface area contributed by atoms with Gasteiger partial charge in [0.25, 0.3) is 5.91 Å². The molecule has 0 aliphatic heterocycles. The number of amides is 1. The average molecular weight is 281 g/mol. The minimum absolute atomic E-state index is 0.153. The molecule has 0 bridgehead atoms. The highest BCUT2D eigenvalue weighted by molar-refractivity contribution is 5.98. The van der Waals surface area contributed by atoms with E-state index in [0.29, 0.717) is 31.0 Å². The van der Waals surface area contributed by atoms with Crippen molar-refractivity contribution >= 4 is 11.7 Å². The van der Waals surface area contributed by atoms with Crippen LogP contribution in [0, 0.1) is 5.82 Å². The van der Waals surface area contributed by atoms with Gasteiger partial charge < -0.3 is 10.2 Å². The van der Waals surface area contributed by atoms with Crippen molar-refractivity contribution in [3.8, 4) is 0 Å². The molecule has 0 aromatic carbocycles. The molecule has 0 aliphatic carbocycles. The van der Waals surface area contributed by atoms with E-state index >= 15 is 0 Å². The second-order valence-electron chi connectivity index (χ2n) is 4.77. The average Bonchev–Trinajstić information content (AvgIpc) is 2.45. The van der Waals surface area contributed by atoms with Gasteiger partial charge in [0.05, 0.1) is 11.8 Å². The van der Waals surface area contributed by atoms with Crippen molar-refractivity contribution in [3.63, 3.8) is 0 Å². The lowest BCUT2D eigenvalue weighted by atomic mass is 10.2. The standard InChI is InChI=1S/C15H24FN3O/c1-4-7-17-14-13(10-12(16)11-18-14)15(20)19(8-5-2)9-6-3/h10-11H,4-9H2,1-3H3,(H,17,18). The second kappa shape index (κ2) is 8.51. The Hall–Kier alpha value is -1.65. The number of aromatic nitrogens is 1. The maximum absolute atomic E-state index is 13.4. The summed E-state index contributed by atoms with van der Waals surface area (Å²) in [6.07, 6.45) is 3.82. The molecule has 5 heteroatoms. The zero-order valence-corrected chi connectivity index (χ0v) is 12.6. The largest absolute Gasteiger partial charge is 0.369 e. The van der Waals surface area contributed by atoms with Crippen LogP contribution in [0.1, 0.15) is 50.4 Å². The smallest absolute Gasteiger partial charge is 0.257 e. The first kappa shape index (κ1) is 16.4. The van der Waals surface area contributed by atoms with Gasteiger partial charge in [-0.3, -0.25) is 4.79 Å². The van der Waals surface area contributed by atoms with Crippen LogP contribution in [-0.4, -0.2) is 35.4 Å². The van der Waals surface area contributed by atoms with Crippen molar-refractivity contribution in [1.82, 2.24) is 9.88 Å². The highest BCUT2D eigenvalue weighted by atomic mass is 19.1. The van der Waals surface area contributed by atoms with Gasteiger partial charge in [-0.25, -0.2) is 9.37 Å². The summed E-state index contributed by atoms with van der Waals surface area (Å²) < 4.78 is 13.4. The van der Waals surface area contributed by atoms with Gasteiger partial charge >= 0.3 is 0 Å². The number of nitrogens with one attached hydrogen (secondary N) is 1. The summed E-state index contributed by atoms with van der Waals surface area (Å²) in [6, 6.07) is 1.27. The molecule has 4 nitrogen and oxygen atoms in total. The molecular formula is C15H24FN3O. The Bertz CT molecular complexity index is 431. The quantitative estimate of drug-likeness (QED) is 0.795. The molecule has 1 aromatic heterocycles. The summed E-state index contributed by atoms with van der Waals surface area (Å²) in [5, 5.41) is 3.08. The minimum atomic E-state index is -0.483. The zero-order valence-electron chi connectivity index (χ0n) is 12.6. The van der Waals surface area contributed by atoms with E-state index in [0.717, 1.165) is 25.5 Å². The van der Waals surface area contributed by atoms with Crippen LogP contribution in [0.5, 0.6) is 0 Å². The lowest BCUT2D eigenvalue weighted by Gasteiger charge is -2.22. The number of rotatable bonds is 8. The third-order valence-corrected chi connectivity index (χ3v) is 2.90. The Kier molecular flexibility index (Phi) is 6.98.